The number of hydrogen-bond donors (Lipinski definition) is 1. The van der Waals surface area contributed by atoms with Crippen LogP contribution in [0, 0.1) is 0 Å². The van der Waals surface area contributed by atoms with Gasteiger partial charge in [-0.3, -0.25) is 0 Å². The number of phenolic OH excluding ortho intramolecular Hbond substituents is 1. The quantitative estimate of drug-likeness (QED) is 0.661. The molecule has 0 atom stereocenters. The molecule has 1 nitrogen and oxygen atoms in total. The number of hydrogen-bond acceptors (Lipinski definition) is 1. The molecule has 0 saturated heterocycles. The summed E-state index contributed by atoms with van der Waals surface area (Å²) < 4.78 is 0.982. The summed E-state index contributed by atoms with van der Waals surface area (Å²) in [6.45, 7) is 0. The van der Waals surface area contributed by atoms with E-state index in [0.717, 1.165) is 4.47 Å². The monoisotopic (exact) mass is 384 g/mol. The van der Waals surface area contributed by atoms with Gasteiger partial charge in [0.1, 0.15) is 5.75 Å². The number of aromatic hydroxyl groups is 1. The molecule has 1 N–H and O–H groups in total. The number of halogens is 1. The second-order valence-electron chi connectivity index (χ2n) is 1.48. The first-order valence-corrected chi connectivity index (χ1v) is 3.03. The van der Waals surface area contributed by atoms with E-state index in [2.05, 4.69) is 15.9 Å². The fourth-order valence-electron chi connectivity index (χ4n) is 0.441. The van der Waals surface area contributed by atoms with Gasteiger partial charge in [0.25, 0.3) is 0 Å². The summed E-state index contributed by atoms with van der Waals surface area (Å²) in [4.78, 5) is 0. The average molecular weight is 385 g/mol. The third-order valence-electron chi connectivity index (χ3n) is 0.827. The Morgan fingerprint density at radius 1 is 1.11 bits per heavy atom. The predicted molar refractivity (Wildman–Crippen MR) is 45.7 cm³/mol. The van der Waals surface area contributed by atoms with Gasteiger partial charge in [-0.2, -0.15) is 0 Å². The van der Waals surface area contributed by atoms with Gasteiger partial charge in [0.2, 0.25) is 0 Å². The van der Waals surface area contributed by atoms with Crippen molar-refractivity contribution in [3.8, 4) is 5.75 Å². The number of phenols is 1. The molecule has 0 aromatic heterocycles. The molecule has 0 saturated carbocycles. The van der Waals surface area contributed by atoms with Gasteiger partial charge in [0.15, 0.2) is 0 Å². The molecule has 3 heteroatoms. The van der Waals surface area contributed by atoms with Gasteiger partial charge in [-0.1, -0.05) is 15.9 Å². The maximum absolute atomic E-state index is 8.74. The number of rotatable bonds is 0. The predicted octanol–water partition coefficient (Wildman–Crippen LogP) is 0.971. The summed E-state index contributed by atoms with van der Waals surface area (Å²) in [5.74, 6) is 0.299. The fraction of sp³-hybridized carbons (Fsp3) is 0. The first-order valence-electron chi connectivity index (χ1n) is 2.23. The molecular weight excluding hydrogens is 377 g/mol. The minimum atomic E-state index is 0. The van der Waals surface area contributed by atoms with Crippen LogP contribution in [0.2, 0.25) is 0 Å². The van der Waals surface area contributed by atoms with Crippen molar-refractivity contribution in [2.24, 2.45) is 0 Å². The van der Waals surface area contributed by atoms with Gasteiger partial charge in [-0.05, 0) is 24.3 Å². The molecule has 1 aromatic rings. The van der Waals surface area contributed by atoms with Crippen LogP contribution in [0.25, 0.3) is 0 Å². The SMILES string of the molecule is Oc1ccc(Br)cc1.[BiH3]. The zero-order valence-corrected chi connectivity index (χ0v) is 11.9. The molecule has 1 aromatic carbocycles. The molecule has 9 heavy (non-hydrogen) atoms. The van der Waals surface area contributed by atoms with Gasteiger partial charge in [-0.15, -0.1) is 0 Å². The van der Waals surface area contributed by atoms with Crippen LogP contribution in [0.3, 0.4) is 0 Å². The Morgan fingerprint density at radius 3 is 1.89 bits per heavy atom. The molecule has 0 bridgehead atoms. The molecule has 0 fully saturated rings. The van der Waals surface area contributed by atoms with Crippen LogP contribution in [0.15, 0.2) is 28.7 Å². The standard InChI is InChI=1S/C6H5BrO.Bi.3H/c7-5-1-3-6(8)4-2-5;;;;/h1-4,8H;;;;. The van der Waals surface area contributed by atoms with Crippen molar-refractivity contribution in [3.05, 3.63) is 28.7 Å². The third kappa shape index (κ3) is 3.17. The molecule has 50 valence electrons. The second kappa shape index (κ2) is 4.24. The molecule has 0 radical (unpaired) electrons. The Hall–Kier alpha value is 0.383. The van der Waals surface area contributed by atoms with Crippen LogP contribution >= 0.6 is 15.9 Å². The molecule has 0 spiro atoms. The molecule has 0 unspecified atom stereocenters. The van der Waals surface area contributed by atoms with E-state index >= 15 is 0 Å². The summed E-state index contributed by atoms with van der Waals surface area (Å²) in [7, 11) is 0. The summed E-state index contributed by atoms with van der Waals surface area (Å²) in [6, 6.07) is 6.83. The van der Waals surface area contributed by atoms with Gasteiger partial charge in [0, 0.05) is 4.47 Å². The van der Waals surface area contributed by atoms with E-state index in [1.807, 2.05) is 0 Å². The normalized spacial score (nSPS) is 8.11. The summed E-state index contributed by atoms with van der Waals surface area (Å²) in [5.41, 5.74) is 0. The zero-order chi connectivity index (χ0) is 5.98. The van der Waals surface area contributed by atoms with Crippen molar-refractivity contribution in [1.82, 2.24) is 0 Å². The van der Waals surface area contributed by atoms with E-state index < -0.39 is 0 Å². The molecule has 0 aliphatic heterocycles. The van der Waals surface area contributed by atoms with E-state index in [-0.39, 0.29) is 26.2 Å². The van der Waals surface area contributed by atoms with Gasteiger partial charge in [0.05, 0.1) is 0 Å². The minimum absolute atomic E-state index is 0. The van der Waals surface area contributed by atoms with Crippen LogP contribution < -0.4 is 0 Å². The first-order chi connectivity index (χ1) is 3.79. The topological polar surface area (TPSA) is 20.2 Å². The van der Waals surface area contributed by atoms with Gasteiger partial charge < -0.3 is 5.11 Å². The molecule has 1 rings (SSSR count). The average Bonchev–Trinajstić information content (AvgIpc) is 1.77. The van der Waals surface area contributed by atoms with Gasteiger partial charge in [-0.25, -0.2) is 0 Å². The third-order valence-corrected chi connectivity index (χ3v) is 1.36. The number of benzene rings is 1. The Kier molecular flexibility index (Phi) is 4.42. The van der Waals surface area contributed by atoms with Crippen molar-refractivity contribution in [2.75, 3.05) is 0 Å². The van der Waals surface area contributed by atoms with Crippen molar-refractivity contribution in [1.29, 1.82) is 0 Å². The van der Waals surface area contributed by atoms with E-state index in [9.17, 15) is 0 Å². The second-order valence-corrected chi connectivity index (χ2v) is 2.39. The molecular formula is C6H8BiBrO. The Morgan fingerprint density at radius 2 is 1.56 bits per heavy atom. The molecule has 0 aliphatic carbocycles. The van der Waals surface area contributed by atoms with E-state index in [0.29, 0.717) is 5.75 Å². The van der Waals surface area contributed by atoms with Crippen molar-refractivity contribution < 1.29 is 5.11 Å². The maximum atomic E-state index is 8.74. The van der Waals surface area contributed by atoms with Crippen LogP contribution in [-0.4, -0.2) is 31.3 Å². The summed E-state index contributed by atoms with van der Waals surface area (Å²) >= 11 is 3.23. The zero-order valence-electron chi connectivity index (χ0n) is 4.84. The first kappa shape index (κ1) is 9.38. The molecule has 0 amide bonds. The summed E-state index contributed by atoms with van der Waals surface area (Å²) in [6.07, 6.45) is 0. The van der Waals surface area contributed by atoms with E-state index in [1.54, 1.807) is 24.3 Å². The van der Waals surface area contributed by atoms with E-state index in [1.165, 1.54) is 0 Å². The Bertz CT molecular complexity index is 152. The van der Waals surface area contributed by atoms with Crippen molar-refractivity contribution >= 4 is 42.1 Å². The Labute approximate surface area is 81.3 Å². The van der Waals surface area contributed by atoms with Crippen LogP contribution in [0.5, 0.6) is 5.75 Å². The van der Waals surface area contributed by atoms with E-state index in [4.69, 9.17) is 5.11 Å². The van der Waals surface area contributed by atoms with Crippen LogP contribution in [0.4, 0.5) is 0 Å². The Balaban J connectivity index is 0.000000640. The molecule has 0 heterocycles. The van der Waals surface area contributed by atoms with Gasteiger partial charge >= 0.3 is 26.2 Å². The summed E-state index contributed by atoms with van der Waals surface area (Å²) in [5, 5.41) is 8.74. The fourth-order valence-corrected chi connectivity index (χ4v) is 0.705. The van der Waals surface area contributed by atoms with Crippen LogP contribution in [-0.2, 0) is 0 Å². The van der Waals surface area contributed by atoms with Crippen molar-refractivity contribution in [2.45, 2.75) is 0 Å². The van der Waals surface area contributed by atoms with Crippen molar-refractivity contribution in [3.63, 3.8) is 0 Å². The van der Waals surface area contributed by atoms with Crippen LogP contribution in [0.1, 0.15) is 0 Å². The molecule has 0 aliphatic rings.